The van der Waals surface area contributed by atoms with E-state index in [1.807, 2.05) is 18.7 Å². The lowest BCUT2D eigenvalue weighted by molar-refractivity contribution is -0.133. The summed E-state index contributed by atoms with van der Waals surface area (Å²) in [7, 11) is 0. The largest absolute Gasteiger partial charge is 0.339 e. The maximum Gasteiger partial charge on any atom is 0.254 e. The van der Waals surface area contributed by atoms with Gasteiger partial charge in [-0.3, -0.25) is 14.6 Å². The molecule has 1 saturated heterocycles. The molecule has 2 heterocycles. The minimum Gasteiger partial charge on any atom is -0.339 e. The van der Waals surface area contributed by atoms with Gasteiger partial charge in [-0.25, -0.2) is 0 Å². The van der Waals surface area contributed by atoms with E-state index < -0.39 is 0 Å². The summed E-state index contributed by atoms with van der Waals surface area (Å²) in [6.45, 7) is 6.54. The van der Waals surface area contributed by atoms with Crippen LogP contribution in [-0.2, 0) is 4.79 Å². The first-order valence-corrected chi connectivity index (χ1v) is 7.05. The van der Waals surface area contributed by atoms with Crippen molar-refractivity contribution in [2.45, 2.75) is 20.3 Å². The van der Waals surface area contributed by atoms with Crippen LogP contribution in [0.15, 0.2) is 24.5 Å². The molecule has 5 heteroatoms. The Kier molecular flexibility index (Phi) is 4.71. The van der Waals surface area contributed by atoms with E-state index in [9.17, 15) is 9.59 Å². The van der Waals surface area contributed by atoms with Gasteiger partial charge >= 0.3 is 0 Å². The van der Waals surface area contributed by atoms with Gasteiger partial charge in [0.05, 0.1) is 0 Å². The summed E-state index contributed by atoms with van der Waals surface area (Å²) >= 11 is 0. The van der Waals surface area contributed by atoms with Crippen LogP contribution in [0.25, 0.3) is 0 Å². The van der Waals surface area contributed by atoms with Crippen LogP contribution < -0.4 is 0 Å². The van der Waals surface area contributed by atoms with Crippen LogP contribution >= 0.6 is 0 Å². The number of aromatic nitrogens is 1. The third-order valence-electron chi connectivity index (χ3n) is 3.43. The Morgan fingerprint density at radius 2 is 1.65 bits per heavy atom. The van der Waals surface area contributed by atoms with E-state index in [0.717, 1.165) is 0 Å². The molecule has 0 atom stereocenters. The van der Waals surface area contributed by atoms with Crippen LogP contribution in [0.3, 0.4) is 0 Å². The molecule has 20 heavy (non-hydrogen) atoms. The van der Waals surface area contributed by atoms with E-state index in [1.165, 1.54) is 0 Å². The predicted octanol–water partition coefficient (Wildman–Crippen LogP) is 1.41. The van der Waals surface area contributed by atoms with Gasteiger partial charge in [-0.1, -0.05) is 13.8 Å². The lowest BCUT2D eigenvalue weighted by Gasteiger charge is -2.35. The zero-order chi connectivity index (χ0) is 14.5. The van der Waals surface area contributed by atoms with Crippen LogP contribution in [0.1, 0.15) is 30.6 Å². The number of amides is 2. The Bertz CT molecular complexity index is 465. The first-order valence-electron chi connectivity index (χ1n) is 7.05. The van der Waals surface area contributed by atoms with Crippen LogP contribution in [0, 0.1) is 5.92 Å². The van der Waals surface area contributed by atoms with E-state index in [2.05, 4.69) is 4.98 Å². The Balaban J connectivity index is 1.88. The highest BCUT2D eigenvalue weighted by Gasteiger charge is 2.24. The maximum absolute atomic E-state index is 12.2. The van der Waals surface area contributed by atoms with Gasteiger partial charge in [0.1, 0.15) is 0 Å². The summed E-state index contributed by atoms with van der Waals surface area (Å²) in [5.41, 5.74) is 0.655. The molecular formula is C15H21N3O2. The van der Waals surface area contributed by atoms with Crippen LogP contribution in [0.2, 0.25) is 0 Å². The fourth-order valence-corrected chi connectivity index (χ4v) is 2.31. The molecule has 2 rings (SSSR count). The Hall–Kier alpha value is -1.91. The normalized spacial score (nSPS) is 15.6. The van der Waals surface area contributed by atoms with Crippen molar-refractivity contribution in [3.63, 3.8) is 0 Å². The highest BCUT2D eigenvalue weighted by Crippen LogP contribution is 2.11. The lowest BCUT2D eigenvalue weighted by Crippen LogP contribution is -2.50. The summed E-state index contributed by atoms with van der Waals surface area (Å²) in [6, 6.07) is 3.44. The molecule has 1 aliphatic heterocycles. The minimum absolute atomic E-state index is 0.0170. The molecule has 1 aliphatic rings. The molecule has 0 spiro atoms. The van der Waals surface area contributed by atoms with Gasteiger partial charge < -0.3 is 9.80 Å². The zero-order valence-electron chi connectivity index (χ0n) is 12.1. The third-order valence-corrected chi connectivity index (χ3v) is 3.43. The van der Waals surface area contributed by atoms with E-state index in [1.54, 1.807) is 29.4 Å². The standard InChI is InChI=1S/C15H21N3O2/c1-12(2)11-14(19)17-7-9-18(10-8-17)15(20)13-3-5-16-6-4-13/h3-6,12H,7-11H2,1-2H3. The Morgan fingerprint density at radius 1 is 1.10 bits per heavy atom. The second-order valence-corrected chi connectivity index (χ2v) is 5.51. The van der Waals surface area contributed by atoms with Crippen molar-refractivity contribution in [1.82, 2.24) is 14.8 Å². The van der Waals surface area contributed by atoms with Gasteiger partial charge in [0.25, 0.3) is 5.91 Å². The van der Waals surface area contributed by atoms with Crippen LogP contribution in [-0.4, -0.2) is 52.8 Å². The Labute approximate surface area is 119 Å². The average molecular weight is 275 g/mol. The number of nitrogens with zero attached hydrogens (tertiary/aromatic N) is 3. The SMILES string of the molecule is CC(C)CC(=O)N1CCN(C(=O)c2ccncc2)CC1. The first kappa shape index (κ1) is 14.5. The molecule has 0 N–H and O–H groups in total. The number of rotatable bonds is 3. The zero-order valence-corrected chi connectivity index (χ0v) is 12.1. The lowest BCUT2D eigenvalue weighted by atomic mass is 10.1. The Morgan fingerprint density at radius 3 is 2.20 bits per heavy atom. The maximum atomic E-state index is 12.2. The second-order valence-electron chi connectivity index (χ2n) is 5.51. The van der Waals surface area contributed by atoms with Crippen LogP contribution in [0.5, 0.6) is 0 Å². The highest BCUT2D eigenvalue weighted by atomic mass is 16.2. The molecule has 0 unspecified atom stereocenters. The van der Waals surface area contributed by atoms with Gasteiger partial charge in [0.2, 0.25) is 5.91 Å². The van der Waals surface area contributed by atoms with Crippen molar-refractivity contribution in [2.75, 3.05) is 26.2 Å². The van der Waals surface area contributed by atoms with Gasteiger partial charge in [-0.2, -0.15) is 0 Å². The van der Waals surface area contributed by atoms with Gasteiger partial charge in [0.15, 0.2) is 0 Å². The molecule has 5 nitrogen and oxygen atoms in total. The summed E-state index contributed by atoms with van der Waals surface area (Å²) in [4.78, 5) is 31.8. The van der Waals surface area contributed by atoms with Crippen molar-refractivity contribution >= 4 is 11.8 Å². The van der Waals surface area contributed by atoms with E-state index >= 15 is 0 Å². The molecule has 0 radical (unpaired) electrons. The third kappa shape index (κ3) is 3.56. The molecule has 1 fully saturated rings. The van der Waals surface area contributed by atoms with Crippen molar-refractivity contribution in [3.05, 3.63) is 30.1 Å². The number of carbonyl (C=O) groups excluding carboxylic acids is 2. The van der Waals surface area contributed by atoms with E-state index in [-0.39, 0.29) is 11.8 Å². The fraction of sp³-hybridized carbons (Fsp3) is 0.533. The smallest absolute Gasteiger partial charge is 0.254 e. The summed E-state index contributed by atoms with van der Waals surface area (Å²) in [5.74, 6) is 0.582. The molecule has 108 valence electrons. The predicted molar refractivity (Wildman–Crippen MR) is 76.2 cm³/mol. The first-order chi connectivity index (χ1) is 9.58. The monoisotopic (exact) mass is 275 g/mol. The quantitative estimate of drug-likeness (QED) is 0.838. The van der Waals surface area contributed by atoms with Gasteiger partial charge in [0, 0.05) is 50.6 Å². The van der Waals surface area contributed by atoms with Gasteiger partial charge in [-0.15, -0.1) is 0 Å². The minimum atomic E-state index is 0.0170. The molecular weight excluding hydrogens is 254 g/mol. The molecule has 1 aromatic rings. The second kappa shape index (κ2) is 6.50. The molecule has 1 aromatic heterocycles. The molecule has 0 bridgehead atoms. The molecule has 0 saturated carbocycles. The number of hydrogen-bond acceptors (Lipinski definition) is 3. The summed E-state index contributed by atoms with van der Waals surface area (Å²) < 4.78 is 0. The number of pyridine rings is 1. The molecule has 2 amide bonds. The fourth-order valence-electron chi connectivity index (χ4n) is 2.31. The number of hydrogen-bond donors (Lipinski definition) is 0. The topological polar surface area (TPSA) is 53.5 Å². The molecule has 0 aliphatic carbocycles. The summed E-state index contributed by atoms with van der Waals surface area (Å²) in [5, 5.41) is 0. The van der Waals surface area contributed by atoms with Gasteiger partial charge in [-0.05, 0) is 18.1 Å². The highest BCUT2D eigenvalue weighted by molar-refractivity contribution is 5.94. The summed E-state index contributed by atoms with van der Waals surface area (Å²) in [6.07, 6.45) is 3.82. The van der Waals surface area contributed by atoms with E-state index in [0.29, 0.717) is 44.1 Å². The van der Waals surface area contributed by atoms with Crippen molar-refractivity contribution in [1.29, 1.82) is 0 Å². The van der Waals surface area contributed by atoms with Crippen molar-refractivity contribution < 1.29 is 9.59 Å². The number of carbonyl (C=O) groups is 2. The average Bonchev–Trinajstić information content (AvgIpc) is 2.47. The van der Waals surface area contributed by atoms with Crippen LogP contribution in [0.4, 0.5) is 0 Å². The van der Waals surface area contributed by atoms with Crippen molar-refractivity contribution in [3.8, 4) is 0 Å². The van der Waals surface area contributed by atoms with Crippen molar-refractivity contribution in [2.24, 2.45) is 5.92 Å². The van der Waals surface area contributed by atoms with E-state index in [4.69, 9.17) is 0 Å². The number of piperazine rings is 1. The molecule has 0 aromatic carbocycles.